The van der Waals surface area contributed by atoms with Crippen LogP contribution in [0, 0.1) is 0 Å². The highest BCUT2D eigenvalue weighted by atomic mass is 31.2. The molecule has 0 heterocycles. The molecule has 0 amide bonds. The van der Waals surface area contributed by atoms with E-state index in [1.54, 1.807) is 0 Å². The normalized spacial score (nSPS) is 14.3. The maximum absolute atomic E-state index is 12.6. The van der Waals surface area contributed by atoms with Crippen LogP contribution in [0.5, 0.6) is 0 Å². The van der Waals surface area contributed by atoms with Gasteiger partial charge in [-0.3, -0.25) is 18.6 Å². The molecule has 0 spiro atoms. The van der Waals surface area contributed by atoms with E-state index in [-0.39, 0.29) is 19.4 Å². The molecule has 3 N–H and O–H groups in total. The first kappa shape index (κ1) is 48.5. The van der Waals surface area contributed by atoms with Gasteiger partial charge in [0.2, 0.25) is 0 Å². The summed E-state index contributed by atoms with van der Waals surface area (Å²) in [6.07, 6.45) is 32.9. The highest BCUT2D eigenvalue weighted by molar-refractivity contribution is 7.47. The molecule has 1 unspecified atom stereocenters. The van der Waals surface area contributed by atoms with E-state index in [2.05, 4.69) is 42.7 Å². The highest BCUT2D eigenvalue weighted by Crippen LogP contribution is 2.43. The standard InChI is InChI=1S/C39H73O10P/c1-3-5-7-9-11-13-15-16-17-18-19-20-21-23-25-27-29-31-39(43)49-37(35-48-50(44,45)47-33-36(41)32-40)34-46-38(42)30-28-26-24-22-14-12-10-8-6-4-2/h11,13,16-17,36-37,40-41H,3-10,12,14-15,18-35H2,1-2H3,(H,44,45)/b13-11-,17-16-/t36-,37+/m0/s1. The molecule has 0 saturated heterocycles. The van der Waals surface area contributed by atoms with Gasteiger partial charge in [-0.1, -0.05) is 141 Å². The minimum atomic E-state index is -4.61. The molecule has 50 heavy (non-hydrogen) atoms. The number of esters is 2. The Morgan fingerprint density at radius 3 is 1.58 bits per heavy atom. The van der Waals surface area contributed by atoms with Crippen LogP contribution in [0.1, 0.15) is 174 Å². The molecule has 0 aliphatic carbocycles. The van der Waals surface area contributed by atoms with Crippen LogP contribution in [0.3, 0.4) is 0 Å². The fourth-order valence-electron chi connectivity index (χ4n) is 5.26. The van der Waals surface area contributed by atoms with Crippen LogP contribution in [0.4, 0.5) is 0 Å². The quantitative estimate of drug-likeness (QED) is 0.0244. The lowest BCUT2D eigenvalue weighted by atomic mass is 10.1. The molecule has 0 bridgehead atoms. The minimum Gasteiger partial charge on any atom is -0.462 e. The summed E-state index contributed by atoms with van der Waals surface area (Å²) in [7, 11) is -4.61. The maximum Gasteiger partial charge on any atom is 0.472 e. The van der Waals surface area contributed by atoms with Gasteiger partial charge in [-0.15, -0.1) is 0 Å². The number of ether oxygens (including phenoxy) is 2. The second kappa shape index (κ2) is 35.8. The molecular formula is C39H73O10P. The number of rotatable bonds is 37. The molecule has 0 aliphatic rings. The molecule has 294 valence electrons. The lowest BCUT2D eigenvalue weighted by Gasteiger charge is -2.20. The lowest BCUT2D eigenvalue weighted by molar-refractivity contribution is -0.161. The summed E-state index contributed by atoms with van der Waals surface area (Å²) in [6.45, 7) is 2.32. The van der Waals surface area contributed by atoms with Gasteiger partial charge in [0.1, 0.15) is 12.7 Å². The SMILES string of the molecule is CCCCC/C=C\C/C=C\CCCCCCCCCC(=O)O[C@H](COC(=O)CCCCCCCCCCCC)COP(=O)(O)OC[C@@H](O)CO. The van der Waals surface area contributed by atoms with Crippen molar-refractivity contribution < 1.29 is 47.8 Å². The first-order chi connectivity index (χ1) is 24.2. The van der Waals surface area contributed by atoms with Gasteiger partial charge in [0, 0.05) is 12.8 Å². The number of unbranched alkanes of at least 4 members (excludes halogenated alkanes) is 19. The third kappa shape index (κ3) is 34.9. The molecule has 0 saturated carbocycles. The van der Waals surface area contributed by atoms with Gasteiger partial charge in [0.05, 0.1) is 19.8 Å². The van der Waals surface area contributed by atoms with Crippen LogP contribution in [0.15, 0.2) is 24.3 Å². The molecule has 0 fully saturated rings. The van der Waals surface area contributed by atoms with Crippen LogP contribution in [-0.2, 0) is 32.7 Å². The average molecular weight is 733 g/mol. The molecular weight excluding hydrogens is 659 g/mol. The van der Waals surface area contributed by atoms with Crippen molar-refractivity contribution in [3.05, 3.63) is 24.3 Å². The van der Waals surface area contributed by atoms with Crippen LogP contribution in [-0.4, -0.2) is 65.7 Å². The van der Waals surface area contributed by atoms with Gasteiger partial charge in [-0.25, -0.2) is 4.57 Å². The summed E-state index contributed by atoms with van der Waals surface area (Å²) in [5.74, 6) is -0.933. The summed E-state index contributed by atoms with van der Waals surface area (Å²) in [5, 5.41) is 18.3. The number of phosphoric ester groups is 1. The van der Waals surface area contributed by atoms with E-state index in [9.17, 15) is 24.2 Å². The van der Waals surface area contributed by atoms with Gasteiger partial charge in [0.15, 0.2) is 6.10 Å². The molecule has 10 nitrogen and oxygen atoms in total. The van der Waals surface area contributed by atoms with Gasteiger partial charge >= 0.3 is 19.8 Å². The summed E-state index contributed by atoms with van der Waals surface area (Å²) in [4.78, 5) is 34.8. The smallest absolute Gasteiger partial charge is 0.462 e. The van der Waals surface area contributed by atoms with Crippen LogP contribution in [0.2, 0.25) is 0 Å². The van der Waals surface area contributed by atoms with E-state index < -0.39 is 51.8 Å². The molecule has 11 heteroatoms. The molecule has 0 aromatic carbocycles. The van der Waals surface area contributed by atoms with Crippen molar-refractivity contribution in [3.63, 3.8) is 0 Å². The predicted octanol–water partition coefficient (Wildman–Crippen LogP) is 9.83. The Morgan fingerprint density at radius 1 is 0.600 bits per heavy atom. The second-order valence-electron chi connectivity index (χ2n) is 13.3. The number of allylic oxidation sites excluding steroid dienone is 4. The van der Waals surface area contributed by atoms with Crippen molar-refractivity contribution in [3.8, 4) is 0 Å². The van der Waals surface area contributed by atoms with E-state index in [4.69, 9.17) is 19.1 Å². The Labute approximate surface area is 304 Å². The van der Waals surface area contributed by atoms with Gasteiger partial charge in [0.25, 0.3) is 0 Å². The number of aliphatic hydroxyl groups is 2. The Hall–Kier alpha value is -1.55. The number of phosphoric acid groups is 1. The molecule has 0 radical (unpaired) electrons. The predicted molar refractivity (Wildman–Crippen MR) is 201 cm³/mol. The molecule has 3 atom stereocenters. The lowest BCUT2D eigenvalue weighted by Crippen LogP contribution is -2.29. The second-order valence-corrected chi connectivity index (χ2v) is 14.8. The van der Waals surface area contributed by atoms with Crippen molar-refractivity contribution in [1.82, 2.24) is 0 Å². The Balaban J connectivity index is 4.33. The number of carbonyl (C=O) groups excluding carboxylic acids is 2. The zero-order chi connectivity index (χ0) is 37.0. The topological polar surface area (TPSA) is 149 Å². The first-order valence-corrected chi connectivity index (χ1v) is 21.3. The monoisotopic (exact) mass is 732 g/mol. The third-order valence-electron chi connectivity index (χ3n) is 8.36. The molecule has 0 rings (SSSR count). The third-order valence-corrected chi connectivity index (χ3v) is 9.31. The average Bonchev–Trinajstić information content (AvgIpc) is 3.10. The fraction of sp³-hybridized carbons (Fsp3) is 0.846. The van der Waals surface area contributed by atoms with Gasteiger partial charge in [-0.05, 0) is 44.9 Å². The minimum absolute atomic E-state index is 0.177. The number of hydrogen-bond acceptors (Lipinski definition) is 9. The van der Waals surface area contributed by atoms with Crippen molar-refractivity contribution in [1.29, 1.82) is 0 Å². The number of hydrogen-bond donors (Lipinski definition) is 3. The highest BCUT2D eigenvalue weighted by Gasteiger charge is 2.27. The van der Waals surface area contributed by atoms with E-state index in [1.165, 1.54) is 77.0 Å². The van der Waals surface area contributed by atoms with Crippen LogP contribution < -0.4 is 0 Å². The van der Waals surface area contributed by atoms with Gasteiger partial charge < -0.3 is 24.6 Å². The molecule has 0 aromatic rings. The zero-order valence-electron chi connectivity index (χ0n) is 31.6. The largest absolute Gasteiger partial charge is 0.472 e. The zero-order valence-corrected chi connectivity index (χ0v) is 32.5. The van der Waals surface area contributed by atoms with Gasteiger partial charge in [-0.2, -0.15) is 0 Å². The Kier molecular flexibility index (Phi) is 34.7. The van der Waals surface area contributed by atoms with E-state index in [0.717, 1.165) is 57.8 Å². The Bertz CT molecular complexity index is 894. The fourth-order valence-corrected chi connectivity index (χ4v) is 6.05. The summed E-state index contributed by atoms with van der Waals surface area (Å²) in [6, 6.07) is 0. The first-order valence-electron chi connectivity index (χ1n) is 19.8. The number of aliphatic hydroxyl groups excluding tert-OH is 2. The van der Waals surface area contributed by atoms with E-state index in [1.807, 2.05) is 0 Å². The summed E-state index contributed by atoms with van der Waals surface area (Å²) < 4.78 is 32.6. The van der Waals surface area contributed by atoms with Crippen molar-refractivity contribution >= 4 is 19.8 Å². The van der Waals surface area contributed by atoms with Crippen molar-refractivity contribution in [2.45, 2.75) is 187 Å². The summed E-state index contributed by atoms with van der Waals surface area (Å²) >= 11 is 0. The molecule has 0 aromatic heterocycles. The summed E-state index contributed by atoms with van der Waals surface area (Å²) in [5.41, 5.74) is 0. The molecule has 0 aliphatic heterocycles. The van der Waals surface area contributed by atoms with Crippen molar-refractivity contribution in [2.75, 3.05) is 26.4 Å². The Morgan fingerprint density at radius 2 is 1.04 bits per heavy atom. The maximum atomic E-state index is 12.6. The van der Waals surface area contributed by atoms with Crippen LogP contribution >= 0.6 is 7.82 Å². The van der Waals surface area contributed by atoms with E-state index in [0.29, 0.717) is 12.8 Å². The van der Waals surface area contributed by atoms with Crippen LogP contribution in [0.25, 0.3) is 0 Å². The number of carbonyl (C=O) groups is 2. The van der Waals surface area contributed by atoms with Crippen molar-refractivity contribution in [2.24, 2.45) is 0 Å². The van der Waals surface area contributed by atoms with E-state index >= 15 is 0 Å².